The van der Waals surface area contributed by atoms with Crippen LogP contribution in [0.4, 0.5) is 11.4 Å². The van der Waals surface area contributed by atoms with Gasteiger partial charge in [-0.3, -0.25) is 14.9 Å². The van der Waals surface area contributed by atoms with E-state index in [1.165, 1.54) is 12.1 Å². The third-order valence-corrected chi connectivity index (χ3v) is 5.81. The number of nitro groups is 1. The summed E-state index contributed by atoms with van der Waals surface area (Å²) in [6.45, 7) is 3.36. The van der Waals surface area contributed by atoms with Crippen molar-refractivity contribution in [2.75, 3.05) is 12.4 Å². The van der Waals surface area contributed by atoms with Crippen molar-refractivity contribution in [3.63, 3.8) is 0 Å². The molecule has 1 heterocycles. The van der Waals surface area contributed by atoms with Crippen molar-refractivity contribution in [1.82, 2.24) is 0 Å². The van der Waals surface area contributed by atoms with Gasteiger partial charge >= 0.3 is 0 Å². The molecule has 0 spiro atoms. The van der Waals surface area contributed by atoms with Gasteiger partial charge in [0, 0.05) is 5.56 Å². The second-order valence-corrected chi connectivity index (χ2v) is 8.74. The fourth-order valence-corrected chi connectivity index (χ4v) is 3.92. The number of hydrogen-bond acceptors (Lipinski definition) is 7. The van der Waals surface area contributed by atoms with Crippen molar-refractivity contribution >= 4 is 17.3 Å². The van der Waals surface area contributed by atoms with Crippen LogP contribution in [0.25, 0.3) is 0 Å². The van der Waals surface area contributed by atoms with Crippen LogP contribution in [0.1, 0.15) is 31.1 Å². The Bertz CT molecular complexity index is 1230. The van der Waals surface area contributed by atoms with Crippen molar-refractivity contribution in [3.05, 3.63) is 88.0 Å². The zero-order valence-corrected chi connectivity index (χ0v) is 19.6. The SMILES string of the molecule is COc1ccc(CC(=O)Nc2cc3c(cc2[N+](=O)[O-])OC(C)(C)C(O)C3Oc2ccccc2)cc1. The summed E-state index contributed by atoms with van der Waals surface area (Å²) in [6, 6.07) is 18.6. The number of anilines is 1. The Morgan fingerprint density at radius 2 is 1.80 bits per heavy atom. The molecule has 0 radical (unpaired) electrons. The topological polar surface area (TPSA) is 120 Å². The number of nitrogens with one attached hydrogen (secondary N) is 1. The monoisotopic (exact) mass is 478 g/mol. The van der Waals surface area contributed by atoms with Crippen molar-refractivity contribution in [1.29, 1.82) is 0 Å². The highest BCUT2D eigenvalue weighted by atomic mass is 16.6. The summed E-state index contributed by atoms with van der Waals surface area (Å²) in [5.74, 6) is 0.950. The normalized spacial score (nSPS) is 18.1. The van der Waals surface area contributed by atoms with E-state index in [1.54, 1.807) is 69.5 Å². The summed E-state index contributed by atoms with van der Waals surface area (Å²) >= 11 is 0. The average Bonchev–Trinajstić information content (AvgIpc) is 2.83. The first-order valence-electron chi connectivity index (χ1n) is 11.0. The number of carbonyl (C=O) groups is 1. The molecule has 2 atom stereocenters. The predicted octanol–water partition coefficient (Wildman–Crippen LogP) is 4.44. The van der Waals surface area contributed by atoms with Crippen LogP contribution >= 0.6 is 0 Å². The molecule has 1 aliphatic heterocycles. The molecule has 9 nitrogen and oxygen atoms in total. The number of ether oxygens (including phenoxy) is 3. The first-order chi connectivity index (χ1) is 16.7. The predicted molar refractivity (Wildman–Crippen MR) is 129 cm³/mol. The summed E-state index contributed by atoms with van der Waals surface area (Å²) in [4.78, 5) is 24.0. The highest BCUT2D eigenvalue weighted by Crippen LogP contribution is 2.46. The lowest BCUT2D eigenvalue weighted by Gasteiger charge is -2.41. The molecule has 1 amide bonds. The largest absolute Gasteiger partial charge is 0.497 e. The van der Waals surface area contributed by atoms with E-state index in [1.807, 2.05) is 6.07 Å². The number of para-hydroxylation sites is 1. The number of benzene rings is 3. The number of amides is 1. The van der Waals surface area contributed by atoms with Gasteiger partial charge in [0.05, 0.1) is 24.5 Å². The van der Waals surface area contributed by atoms with Crippen LogP contribution < -0.4 is 19.5 Å². The molecule has 182 valence electrons. The van der Waals surface area contributed by atoms with Crippen molar-refractivity contribution < 1.29 is 29.0 Å². The fourth-order valence-electron chi connectivity index (χ4n) is 3.92. The van der Waals surface area contributed by atoms with Gasteiger partial charge < -0.3 is 24.6 Å². The first-order valence-corrected chi connectivity index (χ1v) is 11.0. The third kappa shape index (κ3) is 5.20. The van der Waals surface area contributed by atoms with E-state index in [-0.39, 0.29) is 23.5 Å². The van der Waals surface area contributed by atoms with Crippen LogP contribution in [-0.4, -0.2) is 34.8 Å². The molecule has 0 saturated heterocycles. The van der Waals surface area contributed by atoms with E-state index < -0.39 is 28.6 Å². The minimum absolute atomic E-state index is 0.00827. The lowest BCUT2D eigenvalue weighted by molar-refractivity contribution is -0.384. The number of aliphatic hydroxyl groups excluding tert-OH is 1. The van der Waals surface area contributed by atoms with Crippen LogP contribution in [0.3, 0.4) is 0 Å². The van der Waals surface area contributed by atoms with Gasteiger partial charge in [-0.2, -0.15) is 0 Å². The van der Waals surface area contributed by atoms with Gasteiger partial charge in [0.1, 0.15) is 34.6 Å². The molecule has 3 aromatic carbocycles. The van der Waals surface area contributed by atoms with Gasteiger partial charge in [0.2, 0.25) is 5.91 Å². The Hall–Kier alpha value is -4.11. The Labute approximate surface area is 202 Å². The minimum Gasteiger partial charge on any atom is -0.497 e. The molecule has 0 aliphatic carbocycles. The molecule has 0 aromatic heterocycles. The van der Waals surface area contributed by atoms with E-state index in [2.05, 4.69) is 5.32 Å². The Kier molecular flexibility index (Phi) is 6.61. The maximum absolute atomic E-state index is 12.7. The zero-order chi connectivity index (χ0) is 25.2. The number of hydrogen-bond donors (Lipinski definition) is 2. The standard InChI is InChI=1S/C26H26N2O7/c1-26(2)25(30)24(34-18-7-5-4-6-8-18)19-14-20(21(28(31)32)15-22(19)35-26)27-23(29)13-16-9-11-17(33-3)12-10-16/h4-12,14-15,24-25,30H,13H2,1-3H3,(H,27,29). The first kappa shape index (κ1) is 24.0. The molecule has 1 aliphatic rings. The molecule has 2 unspecified atom stereocenters. The second-order valence-electron chi connectivity index (χ2n) is 8.74. The van der Waals surface area contributed by atoms with E-state index >= 15 is 0 Å². The quantitative estimate of drug-likeness (QED) is 0.381. The van der Waals surface area contributed by atoms with Gasteiger partial charge in [-0.25, -0.2) is 0 Å². The van der Waals surface area contributed by atoms with E-state index in [0.29, 0.717) is 17.1 Å². The number of fused-ring (bicyclic) bond motifs is 1. The maximum atomic E-state index is 12.7. The lowest BCUT2D eigenvalue weighted by Crippen LogP contribution is -2.50. The third-order valence-electron chi connectivity index (χ3n) is 5.81. The number of aliphatic hydroxyl groups is 1. The molecule has 9 heteroatoms. The van der Waals surface area contributed by atoms with Crippen LogP contribution in [-0.2, 0) is 11.2 Å². The van der Waals surface area contributed by atoms with Crippen LogP contribution in [0.5, 0.6) is 17.2 Å². The van der Waals surface area contributed by atoms with E-state index in [0.717, 1.165) is 5.56 Å². The van der Waals surface area contributed by atoms with Crippen LogP contribution in [0.15, 0.2) is 66.7 Å². The van der Waals surface area contributed by atoms with Crippen LogP contribution in [0.2, 0.25) is 0 Å². The molecule has 0 fully saturated rings. The van der Waals surface area contributed by atoms with Crippen molar-refractivity contribution in [2.45, 2.75) is 38.1 Å². The number of nitrogens with zero attached hydrogens (tertiary/aromatic N) is 1. The smallest absolute Gasteiger partial charge is 0.296 e. The van der Waals surface area contributed by atoms with Gasteiger partial charge in [-0.15, -0.1) is 0 Å². The molecule has 2 N–H and O–H groups in total. The Balaban J connectivity index is 1.67. The van der Waals surface area contributed by atoms with Crippen molar-refractivity contribution in [2.24, 2.45) is 0 Å². The summed E-state index contributed by atoms with van der Waals surface area (Å²) in [6.07, 6.45) is -1.96. The fraction of sp³-hybridized carbons (Fsp3) is 0.269. The number of rotatable bonds is 7. The molecule has 3 aromatic rings. The number of carbonyl (C=O) groups excluding carboxylic acids is 1. The zero-order valence-electron chi connectivity index (χ0n) is 19.6. The van der Waals surface area contributed by atoms with Crippen LogP contribution in [0, 0.1) is 10.1 Å². The average molecular weight is 479 g/mol. The summed E-state index contributed by atoms with van der Waals surface area (Å²) in [5.41, 5.74) is -0.290. The second kappa shape index (κ2) is 9.63. The van der Waals surface area contributed by atoms with Gasteiger partial charge in [0.25, 0.3) is 5.69 Å². The van der Waals surface area contributed by atoms with Gasteiger partial charge in [0.15, 0.2) is 6.10 Å². The summed E-state index contributed by atoms with van der Waals surface area (Å²) < 4.78 is 17.1. The molecule has 35 heavy (non-hydrogen) atoms. The molecule has 0 saturated carbocycles. The molecule has 0 bridgehead atoms. The Morgan fingerprint density at radius 3 is 2.43 bits per heavy atom. The maximum Gasteiger partial charge on any atom is 0.296 e. The lowest BCUT2D eigenvalue weighted by atomic mass is 9.88. The Morgan fingerprint density at radius 1 is 1.11 bits per heavy atom. The number of methoxy groups -OCH3 is 1. The highest BCUT2D eigenvalue weighted by molar-refractivity contribution is 5.95. The van der Waals surface area contributed by atoms with Crippen molar-refractivity contribution in [3.8, 4) is 17.2 Å². The summed E-state index contributed by atoms with van der Waals surface area (Å²) in [7, 11) is 1.55. The van der Waals surface area contributed by atoms with E-state index in [9.17, 15) is 20.0 Å². The molecule has 4 rings (SSSR count). The number of nitro benzene ring substituents is 1. The highest BCUT2D eigenvalue weighted by Gasteiger charge is 2.45. The molecular weight excluding hydrogens is 452 g/mol. The minimum atomic E-state index is -1.08. The van der Waals surface area contributed by atoms with E-state index in [4.69, 9.17) is 14.2 Å². The molecular formula is C26H26N2O7. The van der Waals surface area contributed by atoms with Gasteiger partial charge in [-0.1, -0.05) is 30.3 Å². The summed E-state index contributed by atoms with van der Waals surface area (Å²) in [5, 5.41) is 25.5. The van der Waals surface area contributed by atoms with Gasteiger partial charge in [-0.05, 0) is 49.7 Å².